The first-order chi connectivity index (χ1) is 12.4. The molecule has 7 nitrogen and oxygen atoms in total. The molecule has 0 aliphatic carbocycles. The van der Waals surface area contributed by atoms with E-state index in [1.165, 1.54) is 6.07 Å². The Hall–Kier alpha value is -2.61. The Bertz CT molecular complexity index is 1070. The summed E-state index contributed by atoms with van der Waals surface area (Å²) in [5, 5.41) is 5.23. The van der Waals surface area contributed by atoms with E-state index in [-0.39, 0.29) is 12.0 Å². The van der Waals surface area contributed by atoms with Crippen LogP contribution in [0.25, 0.3) is 10.9 Å². The van der Waals surface area contributed by atoms with E-state index in [2.05, 4.69) is 21.0 Å². The highest BCUT2D eigenvalue weighted by atomic mass is 79.9. The lowest BCUT2D eigenvalue weighted by molar-refractivity contribution is 0.0168. The lowest BCUT2D eigenvalue weighted by atomic mass is 10.1. The molecule has 0 bridgehead atoms. The van der Waals surface area contributed by atoms with E-state index in [1.807, 2.05) is 18.2 Å². The second-order valence-electron chi connectivity index (χ2n) is 6.31. The summed E-state index contributed by atoms with van der Waals surface area (Å²) in [7, 11) is 1.76. The van der Waals surface area contributed by atoms with Gasteiger partial charge >= 0.3 is 5.63 Å². The fourth-order valence-corrected chi connectivity index (χ4v) is 3.44. The summed E-state index contributed by atoms with van der Waals surface area (Å²) in [6.45, 7) is 2.61. The summed E-state index contributed by atoms with van der Waals surface area (Å²) < 4.78 is 13.2. The number of amides is 1. The van der Waals surface area contributed by atoms with Crippen LogP contribution in [0.3, 0.4) is 0 Å². The fraction of sp³-hybridized carbons (Fsp3) is 0.278. The van der Waals surface area contributed by atoms with Gasteiger partial charge in [-0.2, -0.15) is 5.10 Å². The molecular weight excluding hydrogens is 402 g/mol. The SMILES string of the molecule is Cc1cc(OC2CN(C(=O)c3c4ccc(Br)cc4nn3C)C2)cc(=O)o1. The number of fused-ring (bicyclic) bond motifs is 1. The molecule has 0 radical (unpaired) electrons. The third kappa shape index (κ3) is 3.01. The highest BCUT2D eigenvalue weighted by Gasteiger charge is 2.35. The van der Waals surface area contributed by atoms with Crippen LogP contribution >= 0.6 is 15.9 Å². The number of ether oxygens (including phenoxy) is 1. The van der Waals surface area contributed by atoms with E-state index < -0.39 is 5.63 Å². The minimum atomic E-state index is -0.445. The van der Waals surface area contributed by atoms with Crippen molar-refractivity contribution in [3.63, 3.8) is 0 Å². The Kier molecular flexibility index (Phi) is 4.07. The standard InChI is InChI=1S/C18H16BrN3O4/c1-10-5-12(7-16(23)25-10)26-13-8-22(9-13)18(24)17-14-4-3-11(19)6-15(14)20-21(17)2/h3-7,13H,8-9H2,1-2H3. The fourth-order valence-electron chi connectivity index (χ4n) is 3.09. The van der Waals surface area contributed by atoms with E-state index in [9.17, 15) is 9.59 Å². The summed E-state index contributed by atoms with van der Waals surface area (Å²) in [5.74, 6) is 0.875. The molecule has 134 valence electrons. The number of carbonyl (C=O) groups is 1. The molecule has 1 amide bonds. The number of carbonyl (C=O) groups excluding carboxylic acids is 1. The molecule has 0 saturated carbocycles. The molecular formula is C18H16BrN3O4. The van der Waals surface area contributed by atoms with Crippen LogP contribution in [0.1, 0.15) is 16.2 Å². The highest BCUT2D eigenvalue weighted by molar-refractivity contribution is 9.10. The van der Waals surface area contributed by atoms with Crippen LogP contribution in [-0.4, -0.2) is 39.8 Å². The smallest absolute Gasteiger partial charge is 0.339 e. The van der Waals surface area contributed by atoms with Crippen LogP contribution in [0.2, 0.25) is 0 Å². The number of nitrogens with zero attached hydrogens (tertiary/aromatic N) is 3. The van der Waals surface area contributed by atoms with Gasteiger partial charge in [-0.15, -0.1) is 0 Å². The molecule has 0 atom stereocenters. The third-order valence-electron chi connectivity index (χ3n) is 4.30. The Labute approximate surface area is 157 Å². The van der Waals surface area contributed by atoms with Crippen LogP contribution in [0.4, 0.5) is 0 Å². The minimum absolute atomic E-state index is 0.0825. The second kappa shape index (κ2) is 6.28. The first-order valence-electron chi connectivity index (χ1n) is 8.11. The number of halogens is 1. The van der Waals surface area contributed by atoms with Gasteiger partial charge in [0.25, 0.3) is 5.91 Å². The molecule has 0 spiro atoms. The first kappa shape index (κ1) is 16.8. The molecule has 8 heteroatoms. The zero-order chi connectivity index (χ0) is 18.4. The Morgan fingerprint density at radius 3 is 2.81 bits per heavy atom. The zero-order valence-corrected chi connectivity index (χ0v) is 15.8. The monoisotopic (exact) mass is 417 g/mol. The molecule has 4 rings (SSSR count). The lowest BCUT2D eigenvalue weighted by Gasteiger charge is -2.38. The molecule has 3 heterocycles. The van der Waals surface area contributed by atoms with Crippen molar-refractivity contribution in [1.82, 2.24) is 14.7 Å². The second-order valence-corrected chi connectivity index (χ2v) is 7.22. The van der Waals surface area contributed by atoms with Gasteiger partial charge in [0, 0.05) is 23.0 Å². The number of benzene rings is 1. The van der Waals surface area contributed by atoms with Crippen molar-refractivity contribution in [2.45, 2.75) is 13.0 Å². The third-order valence-corrected chi connectivity index (χ3v) is 4.80. The molecule has 3 aromatic rings. The Balaban J connectivity index is 1.48. The van der Waals surface area contributed by atoms with Crippen LogP contribution in [0, 0.1) is 6.92 Å². The summed E-state index contributed by atoms with van der Waals surface area (Å²) in [4.78, 5) is 25.9. The summed E-state index contributed by atoms with van der Waals surface area (Å²) in [6, 6.07) is 8.64. The van der Waals surface area contributed by atoms with E-state index in [0.29, 0.717) is 30.3 Å². The maximum absolute atomic E-state index is 12.8. The molecule has 1 saturated heterocycles. The van der Waals surface area contributed by atoms with Gasteiger partial charge in [0.05, 0.1) is 24.7 Å². The van der Waals surface area contributed by atoms with Gasteiger partial charge in [-0.05, 0) is 25.1 Å². The number of rotatable bonds is 3. The quantitative estimate of drug-likeness (QED) is 0.653. The van der Waals surface area contributed by atoms with Gasteiger partial charge in [0.1, 0.15) is 23.3 Å². The molecule has 0 N–H and O–H groups in total. The molecule has 1 aliphatic heterocycles. The average molecular weight is 418 g/mol. The van der Waals surface area contributed by atoms with E-state index in [4.69, 9.17) is 9.15 Å². The molecule has 2 aromatic heterocycles. The van der Waals surface area contributed by atoms with Gasteiger partial charge in [-0.25, -0.2) is 4.79 Å². The first-order valence-corrected chi connectivity index (χ1v) is 8.90. The average Bonchev–Trinajstić information content (AvgIpc) is 2.83. The van der Waals surface area contributed by atoms with Gasteiger partial charge in [-0.3, -0.25) is 9.48 Å². The topological polar surface area (TPSA) is 77.6 Å². The van der Waals surface area contributed by atoms with Crippen molar-refractivity contribution in [2.75, 3.05) is 13.1 Å². The number of hydrogen-bond acceptors (Lipinski definition) is 5. The maximum Gasteiger partial charge on any atom is 0.339 e. The lowest BCUT2D eigenvalue weighted by Crippen LogP contribution is -2.56. The van der Waals surface area contributed by atoms with Gasteiger partial charge in [-0.1, -0.05) is 15.9 Å². The molecule has 1 aliphatic rings. The highest BCUT2D eigenvalue weighted by Crippen LogP contribution is 2.25. The number of aryl methyl sites for hydroxylation is 2. The summed E-state index contributed by atoms with van der Waals surface area (Å²) >= 11 is 3.42. The van der Waals surface area contributed by atoms with Crippen molar-refractivity contribution >= 4 is 32.7 Å². The van der Waals surface area contributed by atoms with Crippen molar-refractivity contribution in [2.24, 2.45) is 7.05 Å². The molecule has 1 fully saturated rings. The van der Waals surface area contributed by atoms with Crippen LogP contribution in [0.5, 0.6) is 5.75 Å². The van der Waals surface area contributed by atoms with Crippen LogP contribution in [-0.2, 0) is 7.05 Å². The van der Waals surface area contributed by atoms with Crippen LogP contribution < -0.4 is 10.4 Å². The predicted molar refractivity (Wildman–Crippen MR) is 98.4 cm³/mol. The Morgan fingerprint density at radius 1 is 1.31 bits per heavy atom. The number of hydrogen-bond donors (Lipinski definition) is 0. The minimum Gasteiger partial charge on any atom is -0.486 e. The van der Waals surface area contributed by atoms with Gasteiger partial charge in [0.2, 0.25) is 0 Å². The summed E-state index contributed by atoms with van der Waals surface area (Å²) in [5.41, 5.74) is 0.881. The van der Waals surface area contributed by atoms with Crippen molar-refractivity contribution in [3.8, 4) is 5.75 Å². The summed E-state index contributed by atoms with van der Waals surface area (Å²) in [6.07, 6.45) is -0.145. The van der Waals surface area contributed by atoms with Crippen LogP contribution in [0.15, 0.2) is 44.0 Å². The van der Waals surface area contributed by atoms with E-state index in [1.54, 1.807) is 29.6 Å². The molecule has 26 heavy (non-hydrogen) atoms. The predicted octanol–water partition coefficient (Wildman–Crippen LogP) is 2.50. The largest absolute Gasteiger partial charge is 0.486 e. The van der Waals surface area contributed by atoms with Crippen molar-refractivity contribution in [3.05, 3.63) is 56.7 Å². The van der Waals surface area contributed by atoms with E-state index >= 15 is 0 Å². The Morgan fingerprint density at radius 2 is 2.08 bits per heavy atom. The number of aromatic nitrogens is 2. The molecule has 0 unspecified atom stereocenters. The normalized spacial score (nSPS) is 14.5. The van der Waals surface area contributed by atoms with Crippen molar-refractivity contribution < 1.29 is 13.9 Å². The molecule has 1 aromatic carbocycles. The van der Waals surface area contributed by atoms with E-state index in [0.717, 1.165) is 15.4 Å². The maximum atomic E-state index is 12.8. The van der Waals surface area contributed by atoms with Crippen molar-refractivity contribution in [1.29, 1.82) is 0 Å². The number of likely N-dealkylation sites (tertiary alicyclic amines) is 1. The van der Waals surface area contributed by atoms with Gasteiger partial charge in [0.15, 0.2) is 0 Å². The zero-order valence-electron chi connectivity index (χ0n) is 14.2. The van der Waals surface area contributed by atoms with Gasteiger partial charge < -0.3 is 14.1 Å².